The highest BCUT2D eigenvalue weighted by Crippen LogP contribution is 2.11. The highest BCUT2D eigenvalue weighted by Gasteiger charge is 2.19. The van der Waals surface area contributed by atoms with Crippen LogP contribution in [0.2, 0.25) is 0 Å². The van der Waals surface area contributed by atoms with Crippen LogP contribution in [0.25, 0.3) is 0 Å². The molecule has 2 aromatic carbocycles. The summed E-state index contributed by atoms with van der Waals surface area (Å²) >= 11 is 0. The maximum absolute atomic E-state index is 12.4. The number of hydrogen-bond acceptors (Lipinski definition) is 6. The highest BCUT2D eigenvalue weighted by atomic mass is 32.2. The molecule has 13 heteroatoms. The van der Waals surface area contributed by atoms with E-state index >= 15 is 0 Å². The lowest BCUT2D eigenvalue weighted by Crippen LogP contribution is -2.47. The summed E-state index contributed by atoms with van der Waals surface area (Å²) in [5, 5.41) is 5.96. The van der Waals surface area contributed by atoms with Crippen molar-refractivity contribution < 1.29 is 23.5 Å². The molecule has 11 nitrogen and oxygen atoms in total. The van der Waals surface area contributed by atoms with E-state index in [1.165, 1.54) is 0 Å². The molecule has 0 fully saturated rings. The molecule has 0 aliphatic carbocycles. The third-order valence-electron chi connectivity index (χ3n) is 8.57. The third-order valence-corrected chi connectivity index (χ3v) is 11.3. The fraction of sp³-hybridized carbons (Fsp3) is 0.632. The molecular weight excluding hydrogens is 685 g/mol. The molecule has 2 atom stereocenters. The standard InChI is InChI=1S/2C19H33N3O2S.H2O/c2*1-6-21(7-2)13-12-20-19(23)22(16(3)4)14-15-25(24)18-10-8-17(5)9-11-18;/h2*8-11,16H,6-7,12-15H2,1-5H3,(H,20,23);1H2. The molecule has 0 radical (unpaired) electrons. The number of nitrogens with one attached hydrogen (secondary N) is 2. The van der Waals surface area contributed by atoms with Gasteiger partial charge in [0.25, 0.3) is 0 Å². The highest BCUT2D eigenvalue weighted by molar-refractivity contribution is 7.85. The Hall–Kier alpha value is -2.84. The number of rotatable bonds is 20. The Morgan fingerprint density at radius 1 is 0.569 bits per heavy atom. The van der Waals surface area contributed by atoms with E-state index in [-0.39, 0.29) is 29.6 Å². The Morgan fingerprint density at radius 3 is 1.12 bits per heavy atom. The Morgan fingerprint density at radius 2 is 0.863 bits per heavy atom. The minimum atomic E-state index is -1.09. The molecule has 4 amide bonds. The summed E-state index contributed by atoms with van der Waals surface area (Å²) in [6.45, 7) is 28.3. The van der Waals surface area contributed by atoms with Crippen molar-refractivity contribution in [1.82, 2.24) is 30.2 Å². The van der Waals surface area contributed by atoms with Crippen LogP contribution in [0.3, 0.4) is 0 Å². The first kappa shape index (κ1) is 48.2. The summed E-state index contributed by atoms with van der Waals surface area (Å²) in [4.78, 5) is 34.6. The van der Waals surface area contributed by atoms with E-state index < -0.39 is 21.6 Å². The van der Waals surface area contributed by atoms with Crippen molar-refractivity contribution in [3.05, 3.63) is 59.7 Å². The van der Waals surface area contributed by atoms with Crippen LogP contribution < -0.4 is 10.6 Å². The van der Waals surface area contributed by atoms with Gasteiger partial charge in [-0.1, -0.05) is 63.1 Å². The van der Waals surface area contributed by atoms with Crippen molar-refractivity contribution in [3.8, 4) is 0 Å². The fourth-order valence-corrected chi connectivity index (χ4v) is 7.17. The van der Waals surface area contributed by atoms with Crippen LogP contribution in [-0.4, -0.2) is 135 Å². The Bertz CT molecular complexity index is 1190. The first-order valence-electron chi connectivity index (χ1n) is 18.2. The lowest BCUT2D eigenvalue weighted by atomic mass is 10.2. The zero-order chi connectivity index (χ0) is 37.6. The van der Waals surface area contributed by atoms with Crippen molar-refractivity contribution in [2.75, 3.05) is 77.0 Å². The number of carbonyl (C=O) groups excluding carboxylic acids is 2. The van der Waals surface area contributed by atoms with E-state index in [0.29, 0.717) is 37.7 Å². The van der Waals surface area contributed by atoms with Crippen molar-refractivity contribution in [1.29, 1.82) is 0 Å². The minimum absolute atomic E-state index is 0. The van der Waals surface area contributed by atoms with Gasteiger partial charge in [-0.25, -0.2) is 9.59 Å². The Balaban J connectivity index is 0.000000962. The number of carbonyl (C=O) groups is 2. The van der Waals surface area contributed by atoms with Crippen molar-refractivity contribution in [3.63, 3.8) is 0 Å². The molecule has 0 bridgehead atoms. The van der Waals surface area contributed by atoms with Crippen LogP contribution in [0, 0.1) is 13.8 Å². The average Bonchev–Trinajstić information content (AvgIpc) is 3.09. The first-order chi connectivity index (χ1) is 23.8. The lowest BCUT2D eigenvalue weighted by Gasteiger charge is -2.27. The van der Waals surface area contributed by atoms with Gasteiger partial charge >= 0.3 is 12.1 Å². The van der Waals surface area contributed by atoms with Gasteiger partial charge < -0.3 is 35.7 Å². The summed E-state index contributed by atoms with van der Waals surface area (Å²) in [5.41, 5.74) is 2.30. The number of amides is 4. The quantitative estimate of drug-likeness (QED) is 0.198. The Labute approximate surface area is 314 Å². The van der Waals surface area contributed by atoms with Gasteiger partial charge in [0.1, 0.15) is 0 Å². The second kappa shape index (κ2) is 26.9. The monoisotopic (exact) mass is 752 g/mol. The third kappa shape index (κ3) is 19.0. The molecule has 0 aliphatic rings. The SMILES string of the molecule is CCN(CC)CCNC(=O)N(CCS(=O)c1ccc(C)cc1)C(C)C.CCN(CC)CCNC(=O)N(CCS(=O)c1ccc(C)cc1)C(C)C.O. The van der Waals surface area contributed by atoms with Crippen LogP contribution in [0.1, 0.15) is 66.5 Å². The van der Waals surface area contributed by atoms with E-state index in [4.69, 9.17) is 0 Å². The van der Waals surface area contributed by atoms with Gasteiger partial charge in [-0.15, -0.1) is 0 Å². The van der Waals surface area contributed by atoms with Crippen LogP contribution in [-0.2, 0) is 21.6 Å². The molecule has 0 aromatic heterocycles. The predicted octanol–water partition coefficient (Wildman–Crippen LogP) is 4.90. The zero-order valence-electron chi connectivity index (χ0n) is 33.0. The van der Waals surface area contributed by atoms with Gasteiger partial charge in [0.2, 0.25) is 0 Å². The van der Waals surface area contributed by atoms with E-state index in [0.717, 1.165) is 60.2 Å². The largest absolute Gasteiger partial charge is 0.412 e. The summed E-state index contributed by atoms with van der Waals surface area (Å²) in [6.07, 6.45) is 0. The second-order valence-electron chi connectivity index (χ2n) is 12.8. The van der Waals surface area contributed by atoms with Gasteiger partial charge in [-0.05, 0) is 92.0 Å². The van der Waals surface area contributed by atoms with E-state index in [1.54, 1.807) is 9.80 Å². The number of aryl methyl sites for hydroxylation is 2. The Kier molecular flexibility index (Phi) is 25.4. The molecule has 0 saturated carbocycles. The molecule has 2 rings (SSSR count). The molecular formula is C38H68N6O5S2. The summed E-state index contributed by atoms with van der Waals surface area (Å²) < 4.78 is 24.9. The first-order valence-corrected chi connectivity index (χ1v) is 20.8. The molecule has 0 saturated heterocycles. The van der Waals surface area contributed by atoms with E-state index in [9.17, 15) is 18.0 Å². The van der Waals surface area contributed by atoms with Crippen LogP contribution in [0.4, 0.5) is 9.59 Å². The molecule has 51 heavy (non-hydrogen) atoms. The fourth-order valence-electron chi connectivity index (χ4n) is 5.09. The molecule has 0 spiro atoms. The van der Waals surface area contributed by atoms with Crippen LogP contribution in [0.5, 0.6) is 0 Å². The molecule has 292 valence electrons. The van der Waals surface area contributed by atoms with Crippen LogP contribution >= 0.6 is 0 Å². The number of benzene rings is 2. The molecule has 2 unspecified atom stereocenters. The van der Waals surface area contributed by atoms with Gasteiger partial charge in [0, 0.05) is 72.6 Å². The number of urea groups is 2. The second-order valence-corrected chi connectivity index (χ2v) is 16.0. The van der Waals surface area contributed by atoms with Crippen molar-refractivity contribution >= 4 is 33.7 Å². The van der Waals surface area contributed by atoms with E-state index in [1.807, 2.05) is 90.1 Å². The van der Waals surface area contributed by atoms with Gasteiger partial charge in [0.15, 0.2) is 0 Å². The van der Waals surface area contributed by atoms with Gasteiger partial charge in [-0.2, -0.15) is 0 Å². The average molecular weight is 753 g/mol. The molecule has 0 aliphatic heterocycles. The zero-order valence-corrected chi connectivity index (χ0v) is 34.6. The summed E-state index contributed by atoms with van der Waals surface area (Å²) in [7, 11) is -2.18. The smallest absolute Gasteiger partial charge is 0.317 e. The lowest BCUT2D eigenvalue weighted by molar-refractivity contribution is 0.184. The van der Waals surface area contributed by atoms with Gasteiger partial charge in [-0.3, -0.25) is 8.42 Å². The van der Waals surface area contributed by atoms with Crippen LogP contribution in [0.15, 0.2) is 58.3 Å². The van der Waals surface area contributed by atoms with Crippen molar-refractivity contribution in [2.45, 2.75) is 91.1 Å². The maximum Gasteiger partial charge on any atom is 0.317 e. The van der Waals surface area contributed by atoms with Gasteiger partial charge in [0.05, 0.1) is 21.6 Å². The number of hydrogen-bond donors (Lipinski definition) is 2. The summed E-state index contributed by atoms with van der Waals surface area (Å²) in [6, 6.07) is 15.4. The number of likely N-dealkylation sites (N-methyl/N-ethyl adjacent to an activating group) is 2. The minimum Gasteiger partial charge on any atom is -0.412 e. The van der Waals surface area contributed by atoms with Crippen molar-refractivity contribution in [2.24, 2.45) is 0 Å². The normalized spacial score (nSPS) is 12.2. The maximum atomic E-state index is 12.4. The molecule has 0 heterocycles. The molecule has 4 N–H and O–H groups in total. The molecule has 2 aromatic rings. The van der Waals surface area contributed by atoms with E-state index in [2.05, 4.69) is 48.1 Å². The number of nitrogens with zero attached hydrogens (tertiary/aromatic N) is 4. The predicted molar refractivity (Wildman–Crippen MR) is 215 cm³/mol. The summed E-state index contributed by atoms with van der Waals surface area (Å²) in [5.74, 6) is 0.898. The topological polar surface area (TPSA) is 137 Å².